The first kappa shape index (κ1) is 13.3. The van der Waals surface area contributed by atoms with Crippen molar-refractivity contribution >= 4 is 5.78 Å². The molecule has 1 nitrogen and oxygen atoms in total. The van der Waals surface area contributed by atoms with Gasteiger partial charge in [0.25, 0.3) is 0 Å². The molecule has 1 saturated carbocycles. The number of fused-ring (bicyclic) bond motifs is 5. The Morgan fingerprint density at radius 1 is 1.24 bits per heavy atom. The van der Waals surface area contributed by atoms with Gasteiger partial charge < -0.3 is 0 Å². The molecule has 2 bridgehead atoms. The topological polar surface area (TPSA) is 17.1 Å². The molecule has 1 aromatic rings. The molecule has 0 aromatic heterocycles. The Kier molecular flexibility index (Phi) is 3.06. The second-order valence-corrected chi connectivity index (χ2v) is 7.13. The number of allylic oxidation sites excluding steroid dienone is 2. The van der Waals surface area contributed by atoms with E-state index in [1.165, 1.54) is 42.4 Å². The summed E-state index contributed by atoms with van der Waals surface area (Å²) in [5.41, 5.74) is 4.26. The first-order valence-electron chi connectivity index (χ1n) is 8.58. The number of rotatable bonds is 3. The molecular weight excluding hydrogens is 256 g/mol. The van der Waals surface area contributed by atoms with Gasteiger partial charge in [0, 0.05) is 6.42 Å². The molecule has 4 rings (SSSR count). The number of hydrogen-bond donors (Lipinski definition) is 0. The zero-order valence-corrected chi connectivity index (χ0v) is 12.9. The predicted octanol–water partition coefficient (Wildman–Crippen LogP) is 4.38. The van der Waals surface area contributed by atoms with Gasteiger partial charge in [-0.15, -0.1) is 0 Å². The van der Waals surface area contributed by atoms with Crippen LogP contribution in [0.3, 0.4) is 0 Å². The second kappa shape index (κ2) is 4.83. The molecule has 0 N–H and O–H groups in total. The Morgan fingerprint density at radius 2 is 2.14 bits per heavy atom. The van der Waals surface area contributed by atoms with Gasteiger partial charge in [0.15, 0.2) is 0 Å². The van der Waals surface area contributed by atoms with Gasteiger partial charge >= 0.3 is 0 Å². The lowest BCUT2D eigenvalue weighted by molar-refractivity contribution is -0.126. The molecule has 1 spiro atoms. The minimum atomic E-state index is -0.158. The van der Waals surface area contributed by atoms with Crippen molar-refractivity contribution in [2.75, 3.05) is 0 Å². The number of ketones is 1. The van der Waals surface area contributed by atoms with Crippen molar-refractivity contribution in [1.29, 1.82) is 0 Å². The molecule has 3 aliphatic carbocycles. The van der Waals surface area contributed by atoms with Crippen LogP contribution in [0, 0.1) is 11.8 Å². The van der Waals surface area contributed by atoms with Crippen molar-refractivity contribution in [2.45, 2.75) is 57.3 Å². The molecule has 110 valence electrons. The molecule has 0 aliphatic heterocycles. The number of Topliss-reactive ketones (excluding diaryl/α,β-unsaturated/α-hetero) is 1. The summed E-state index contributed by atoms with van der Waals surface area (Å²) < 4.78 is 0. The first-order valence-corrected chi connectivity index (χ1v) is 8.58. The van der Waals surface area contributed by atoms with E-state index in [-0.39, 0.29) is 5.41 Å². The molecular formula is C20H24O. The fourth-order valence-corrected chi connectivity index (χ4v) is 5.05. The Hall–Kier alpha value is -1.37. The van der Waals surface area contributed by atoms with Gasteiger partial charge in [0.2, 0.25) is 0 Å². The third-order valence-electron chi connectivity index (χ3n) is 6.04. The van der Waals surface area contributed by atoms with Crippen LogP contribution in [0.5, 0.6) is 0 Å². The third-order valence-corrected chi connectivity index (χ3v) is 6.04. The molecule has 3 aliphatic rings. The van der Waals surface area contributed by atoms with Gasteiger partial charge in [-0.1, -0.05) is 43.7 Å². The summed E-state index contributed by atoms with van der Waals surface area (Å²) >= 11 is 0. The van der Waals surface area contributed by atoms with Crippen LogP contribution in [0.2, 0.25) is 0 Å². The van der Waals surface area contributed by atoms with E-state index in [0.29, 0.717) is 17.6 Å². The summed E-state index contributed by atoms with van der Waals surface area (Å²) in [6.07, 6.45) is 12.3. The van der Waals surface area contributed by atoms with E-state index in [1.54, 1.807) is 0 Å². The lowest BCUT2D eigenvalue weighted by Crippen LogP contribution is -2.43. The number of aryl methyl sites for hydroxylation is 1. The van der Waals surface area contributed by atoms with Crippen LogP contribution in [0.25, 0.3) is 0 Å². The van der Waals surface area contributed by atoms with Gasteiger partial charge in [-0.3, -0.25) is 4.79 Å². The first-order chi connectivity index (χ1) is 10.3. The van der Waals surface area contributed by atoms with Crippen molar-refractivity contribution in [2.24, 2.45) is 11.8 Å². The van der Waals surface area contributed by atoms with Crippen LogP contribution < -0.4 is 0 Å². The summed E-state index contributed by atoms with van der Waals surface area (Å²) in [5.74, 6) is 1.62. The van der Waals surface area contributed by atoms with Crippen LogP contribution in [0.15, 0.2) is 30.4 Å². The second-order valence-electron chi connectivity index (χ2n) is 7.13. The van der Waals surface area contributed by atoms with Gasteiger partial charge in [0.05, 0.1) is 5.41 Å². The fraction of sp³-hybridized carbons (Fsp3) is 0.550. The van der Waals surface area contributed by atoms with E-state index in [9.17, 15) is 4.79 Å². The maximum Gasteiger partial charge on any atom is 0.144 e. The van der Waals surface area contributed by atoms with E-state index < -0.39 is 0 Å². The summed E-state index contributed by atoms with van der Waals surface area (Å²) in [7, 11) is 0. The molecule has 1 aromatic carbocycles. The summed E-state index contributed by atoms with van der Waals surface area (Å²) in [6, 6.07) is 6.75. The van der Waals surface area contributed by atoms with Crippen molar-refractivity contribution in [3.8, 4) is 0 Å². The third kappa shape index (κ3) is 1.79. The molecule has 0 saturated heterocycles. The maximum atomic E-state index is 12.9. The number of hydrogen-bond acceptors (Lipinski definition) is 1. The standard InChI is InChI=1S/C20H24O/c1-2-3-5-15-6-4-7-18-17(15)10-11-19(21)20(18)13-14-8-9-16(20)12-14/h4,6-9,14,16H,2-3,5,10-13H2,1H3. The van der Waals surface area contributed by atoms with Gasteiger partial charge in [-0.2, -0.15) is 0 Å². The van der Waals surface area contributed by atoms with E-state index in [0.717, 1.165) is 19.3 Å². The highest BCUT2D eigenvalue weighted by molar-refractivity contribution is 5.94. The van der Waals surface area contributed by atoms with Crippen LogP contribution >= 0.6 is 0 Å². The van der Waals surface area contributed by atoms with Gasteiger partial charge in [0.1, 0.15) is 5.78 Å². The Labute approximate surface area is 127 Å². The monoisotopic (exact) mass is 280 g/mol. The molecule has 0 radical (unpaired) electrons. The quantitative estimate of drug-likeness (QED) is 0.751. The van der Waals surface area contributed by atoms with E-state index in [1.807, 2.05) is 0 Å². The van der Waals surface area contributed by atoms with Crippen LogP contribution in [0.4, 0.5) is 0 Å². The summed E-state index contributed by atoms with van der Waals surface area (Å²) in [5, 5.41) is 0. The number of carbonyl (C=O) groups is 1. The van der Waals surface area contributed by atoms with E-state index >= 15 is 0 Å². The highest BCUT2D eigenvalue weighted by atomic mass is 16.1. The highest BCUT2D eigenvalue weighted by Crippen LogP contribution is 2.56. The molecule has 0 amide bonds. The highest BCUT2D eigenvalue weighted by Gasteiger charge is 2.55. The minimum absolute atomic E-state index is 0.158. The zero-order chi connectivity index (χ0) is 14.4. The SMILES string of the molecule is CCCCc1cccc2c1CCC(=O)C21CC2C=CC1C2. The molecule has 21 heavy (non-hydrogen) atoms. The van der Waals surface area contributed by atoms with Crippen LogP contribution in [-0.2, 0) is 23.1 Å². The van der Waals surface area contributed by atoms with Crippen molar-refractivity contribution in [3.05, 3.63) is 47.0 Å². The van der Waals surface area contributed by atoms with Crippen LogP contribution in [0.1, 0.15) is 55.7 Å². The molecule has 1 heteroatoms. The Morgan fingerprint density at radius 3 is 2.86 bits per heavy atom. The number of carbonyl (C=O) groups excluding carboxylic acids is 1. The lowest BCUT2D eigenvalue weighted by Gasteiger charge is -2.40. The van der Waals surface area contributed by atoms with Crippen molar-refractivity contribution in [3.63, 3.8) is 0 Å². The molecule has 3 unspecified atom stereocenters. The molecule has 0 heterocycles. The smallest absolute Gasteiger partial charge is 0.144 e. The summed E-state index contributed by atoms with van der Waals surface area (Å²) in [4.78, 5) is 12.9. The van der Waals surface area contributed by atoms with E-state index in [4.69, 9.17) is 0 Å². The molecule has 1 fully saturated rings. The van der Waals surface area contributed by atoms with Crippen molar-refractivity contribution < 1.29 is 4.79 Å². The Bertz CT molecular complexity index is 612. The number of unbranched alkanes of at least 4 members (excludes halogenated alkanes) is 1. The number of benzene rings is 1. The lowest BCUT2D eigenvalue weighted by atomic mass is 9.61. The summed E-state index contributed by atoms with van der Waals surface area (Å²) in [6.45, 7) is 2.25. The van der Waals surface area contributed by atoms with Gasteiger partial charge in [-0.25, -0.2) is 0 Å². The van der Waals surface area contributed by atoms with Crippen molar-refractivity contribution in [1.82, 2.24) is 0 Å². The predicted molar refractivity (Wildman–Crippen MR) is 85.4 cm³/mol. The Balaban J connectivity index is 1.82. The minimum Gasteiger partial charge on any atom is -0.299 e. The average molecular weight is 280 g/mol. The van der Waals surface area contributed by atoms with Crippen LogP contribution in [-0.4, -0.2) is 5.78 Å². The normalized spacial score (nSPS) is 32.9. The maximum absolute atomic E-state index is 12.9. The van der Waals surface area contributed by atoms with E-state index in [2.05, 4.69) is 37.3 Å². The molecule has 3 atom stereocenters. The average Bonchev–Trinajstić information content (AvgIpc) is 3.11. The van der Waals surface area contributed by atoms with Gasteiger partial charge in [-0.05, 0) is 60.6 Å². The largest absolute Gasteiger partial charge is 0.299 e. The zero-order valence-electron chi connectivity index (χ0n) is 12.9. The fourth-order valence-electron chi connectivity index (χ4n) is 5.05.